The SMILES string of the molecule is COc1ccc(N2CCN3C(=O)N(c4c(F)cc(C#Cc5ccccc5)cc4F)C(=O)C[C@@]3(C)C2=O)cn1. The normalized spacial score (nSPS) is 19.2. The summed E-state index contributed by atoms with van der Waals surface area (Å²) in [5.41, 5.74) is -1.14. The first-order valence-corrected chi connectivity index (χ1v) is 11.8. The number of imide groups is 1. The molecule has 0 aliphatic carbocycles. The standard InChI is InChI=1S/C28H22F2N4O4/c1-28-16-24(35)34(25-21(29)14-19(15-22(25)30)9-8-18-6-4-3-5-7-18)27(37)33(28)13-12-32(26(28)36)20-10-11-23(38-2)31-17-20/h3-7,10-11,14-15,17H,12-13,16H2,1-2H3/t28-/m0/s1. The molecule has 1 aromatic heterocycles. The van der Waals surface area contributed by atoms with Crippen molar-refractivity contribution in [3.63, 3.8) is 0 Å². The first-order valence-electron chi connectivity index (χ1n) is 11.8. The molecule has 10 heteroatoms. The molecule has 2 fully saturated rings. The second-order valence-corrected chi connectivity index (χ2v) is 9.03. The average molecular weight is 517 g/mol. The van der Waals surface area contributed by atoms with Crippen LogP contribution < -0.4 is 14.5 Å². The number of carbonyl (C=O) groups is 3. The molecule has 1 atom stereocenters. The minimum atomic E-state index is -1.53. The molecule has 192 valence electrons. The third-order valence-corrected chi connectivity index (χ3v) is 6.62. The van der Waals surface area contributed by atoms with E-state index in [2.05, 4.69) is 16.8 Å². The maximum atomic E-state index is 15.1. The predicted octanol–water partition coefficient (Wildman–Crippen LogP) is 3.73. The van der Waals surface area contributed by atoms with E-state index in [1.807, 2.05) is 6.07 Å². The van der Waals surface area contributed by atoms with Gasteiger partial charge in [-0.2, -0.15) is 0 Å². The topological polar surface area (TPSA) is 83.0 Å². The van der Waals surface area contributed by atoms with Crippen molar-refractivity contribution in [1.29, 1.82) is 0 Å². The van der Waals surface area contributed by atoms with Crippen LogP contribution in [0.5, 0.6) is 5.88 Å². The number of hydrogen-bond acceptors (Lipinski definition) is 5. The van der Waals surface area contributed by atoms with Crippen LogP contribution in [0.1, 0.15) is 24.5 Å². The summed E-state index contributed by atoms with van der Waals surface area (Å²) in [7, 11) is 1.47. The molecule has 8 nitrogen and oxygen atoms in total. The van der Waals surface area contributed by atoms with E-state index in [1.54, 1.807) is 36.4 Å². The number of methoxy groups -OCH3 is 1. The van der Waals surface area contributed by atoms with Crippen LogP contribution in [0.25, 0.3) is 0 Å². The van der Waals surface area contributed by atoms with Gasteiger partial charge in [-0.15, -0.1) is 0 Å². The molecule has 3 heterocycles. The van der Waals surface area contributed by atoms with Gasteiger partial charge in [-0.05, 0) is 37.3 Å². The zero-order valence-corrected chi connectivity index (χ0v) is 20.6. The first-order chi connectivity index (χ1) is 18.2. The molecule has 2 aromatic carbocycles. The van der Waals surface area contributed by atoms with Gasteiger partial charge in [0.1, 0.15) is 11.2 Å². The Hall–Kier alpha value is -4.78. The van der Waals surface area contributed by atoms with Crippen LogP contribution in [0, 0.1) is 23.5 Å². The van der Waals surface area contributed by atoms with Gasteiger partial charge in [0.15, 0.2) is 11.6 Å². The van der Waals surface area contributed by atoms with E-state index in [0.717, 1.165) is 12.1 Å². The number of piperazine rings is 1. The Labute approximate surface area is 217 Å². The minimum absolute atomic E-state index is 0.0424. The highest BCUT2D eigenvalue weighted by atomic mass is 19.1. The Morgan fingerprint density at radius 2 is 1.63 bits per heavy atom. The van der Waals surface area contributed by atoms with Gasteiger partial charge in [-0.3, -0.25) is 9.59 Å². The fraction of sp³-hybridized carbons (Fsp3) is 0.214. The first kappa shape index (κ1) is 24.9. The number of hydrogen-bond donors (Lipinski definition) is 0. The van der Waals surface area contributed by atoms with E-state index in [-0.39, 0.29) is 18.7 Å². The minimum Gasteiger partial charge on any atom is -0.481 e. The summed E-state index contributed by atoms with van der Waals surface area (Å²) < 4.78 is 35.3. The number of ether oxygens (including phenoxy) is 1. The number of carbonyl (C=O) groups excluding carboxylic acids is 3. The molecule has 0 spiro atoms. The summed E-state index contributed by atoms with van der Waals surface area (Å²) in [6.07, 6.45) is 1.01. The highest BCUT2D eigenvalue weighted by Gasteiger charge is 2.56. The second kappa shape index (κ2) is 9.59. The Kier molecular flexibility index (Phi) is 6.28. The van der Waals surface area contributed by atoms with Crippen LogP contribution in [-0.2, 0) is 9.59 Å². The summed E-state index contributed by atoms with van der Waals surface area (Å²) in [4.78, 5) is 47.2. The van der Waals surface area contributed by atoms with E-state index >= 15 is 8.78 Å². The molecule has 0 radical (unpaired) electrons. The van der Waals surface area contributed by atoms with Crippen molar-refractivity contribution in [2.45, 2.75) is 18.9 Å². The zero-order chi connectivity index (χ0) is 27.0. The fourth-order valence-electron chi connectivity index (χ4n) is 4.67. The molecule has 0 N–H and O–H groups in total. The second-order valence-electron chi connectivity index (χ2n) is 9.03. The van der Waals surface area contributed by atoms with Crippen molar-refractivity contribution < 1.29 is 27.9 Å². The van der Waals surface area contributed by atoms with Crippen LogP contribution in [0.3, 0.4) is 0 Å². The number of urea groups is 1. The summed E-state index contributed by atoms with van der Waals surface area (Å²) in [6, 6.07) is 13.1. The molecular weight excluding hydrogens is 494 g/mol. The monoisotopic (exact) mass is 516 g/mol. The van der Waals surface area contributed by atoms with Gasteiger partial charge in [-0.1, -0.05) is 30.0 Å². The molecule has 2 aliphatic heterocycles. The highest BCUT2D eigenvalue weighted by Crippen LogP contribution is 2.38. The number of pyridine rings is 1. The number of nitrogens with zero attached hydrogens (tertiary/aromatic N) is 4. The van der Waals surface area contributed by atoms with E-state index < -0.39 is 47.1 Å². The quantitative estimate of drug-likeness (QED) is 0.496. The van der Waals surface area contributed by atoms with Gasteiger partial charge < -0.3 is 14.5 Å². The predicted molar refractivity (Wildman–Crippen MR) is 135 cm³/mol. The van der Waals surface area contributed by atoms with E-state index in [1.165, 1.54) is 30.0 Å². The van der Waals surface area contributed by atoms with Crippen molar-refractivity contribution in [1.82, 2.24) is 9.88 Å². The Bertz CT molecular complexity index is 1480. The van der Waals surface area contributed by atoms with Crippen molar-refractivity contribution in [3.8, 4) is 17.7 Å². The Morgan fingerprint density at radius 1 is 0.947 bits per heavy atom. The number of rotatable bonds is 3. The average Bonchev–Trinajstić information content (AvgIpc) is 2.90. The molecule has 38 heavy (non-hydrogen) atoms. The number of aromatic nitrogens is 1. The lowest BCUT2D eigenvalue weighted by atomic mass is 9.88. The molecule has 3 aromatic rings. The molecule has 0 bridgehead atoms. The fourth-order valence-corrected chi connectivity index (χ4v) is 4.67. The number of benzene rings is 2. The lowest BCUT2D eigenvalue weighted by Crippen LogP contribution is -2.73. The molecule has 0 unspecified atom stereocenters. The zero-order valence-electron chi connectivity index (χ0n) is 20.6. The number of halogens is 2. The highest BCUT2D eigenvalue weighted by molar-refractivity contribution is 6.20. The van der Waals surface area contributed by atoms with Crippen LogP contribution >= 0.6 is 0 Å². The van der Waals surface area contributed by atoms with Crippen molar-refractivity contribution >= 4 is 29.2 Å². The van der Waals surface area contributed by atoms with E-state index in [9.17, 15) is 14.4 Å². The van der Waals surface area contributed by atoms with Gasteiger partial charge in [-0.25, -0.2) is 23.5 Å². The molecule has 2 saturated heterocycles. The molecule has 4 amide bonds. The number of amides is 4. The van der Waals surface area contributed by atoms with Gasteiger partial charge in [0, 0.05) is 30.3 Å². The van der Waals surface area contributed by atoms with Gasteiger partial charge in [0.25, 0.3) is 5.91 Å². The summed E-state index contributed by atoms with van der Waals surface area (Å²) in [5.74, 6) is 2.26. The van der Waals surface area contributed by atoms with E-state index in [0.29, 0.717) is 22.0 Å². The Morgan fingerprint density at radius 3 is 2.26 bits per heavy atom. The number of anilines is 2. The van der Waals surface area contributed by atoms with Crippen molar-refractivity contribution in [2.75, 3.05) is 30.0 Å². The molecular formula is C28H22F2N4O4. The van der Waals surface area contributed by atoms with Crippen LogP contribution in [-0.4, -0.2) is 53.5 Å². The molecule has 2 aliphatic rings. The maximum Gasteiger partial charge on any atom is 0.332 e. The third-order valence-electron chi connectivity index (χ3n) is 6.62. The van der Waals surface area contributed by atoms with Crippen molar-refractivity contribution in [2.24, 2.45) is 0 Å². The van der Waals surface area contributed by atoms with Crippen LogP contribution in [0.15, 0.2) is 60.8 Å². The molecule has 0 saturated carbocycles. The summed E-state index contributed by atoms with van der Waals surface area (Å²) >= 11 is 0. The van der Waals surface area contributed by atoms with Gasteiger partial charge >= 0.3 is 6.03 Å². The smallest absolute Gasteiger partial charge is 0.332 e. The number of fused-ring (bicyclic) bond motifs is 1. The summed E-state index contributed by atoms with van der Waals surface area (Å²) in [6.45, 7) is 1.62. The molecule has 5 rings (SSSR count). The largest absolute Gasteiger partial charge is 0.481 e. The maximum absolute atomic E-state index is 15.1. The van der Waals surface area contributed by atoms with Crippen LogP contribution in [0.2, 0.25) is 0 Å². The summed E-state index contributed by atoms with van der Waals surface area (Å²) in [5, 5.41) is 0. The van der Waals surface area contributed by atoms with Crippen LogP contribution in [0.4, 0.5) is 25.0 Å². The van der Waals surface area contributed by atoms with Gasteiger partial charge in [0.2, 0.25) is 11.8 Å². The van der Waals surface area contributed by atoms with E-state index in [4.69, 9.17) is 4.74 Å². The third kappa shape index (κ3) is 4.22. The Balaban J connectivity index is 1.42. The lowest BCUT2D eigenvalue weighted by Gasteiger charge is -2.51. The van der Waals surface area contributed by atoms with Gasteiger partial charge in [0.05, 0.1) is 25.4 Å². The van der Waals surface area contributed by atoms with Crippen molar-refractivity contribution in [3.05, 3.63) is 83.6 Å². The lowest BCUT2D eigenvalue weighted by molar-refractivity contribution is -0.137.